The Kier molecular flexibility index (Phi) is 3.99. The van der Waals surface area contributed by atoms with E-state index in [0.717, 1.165) is 36.8 Å². The fourth-order valence-corrected chi connectivity index (χ4v) is 2.92. The number of aromatic carboxylic acids is 1. The second kappa shape index (κ2) is 5.40. The molecule has 0 unspecified atom stereocenters. The Bertz CT molecular complexity index is 640. The van der Waals surface area contributed by atoms with Gasteiger partial charge in [-0.3, -0.25) is 0 Å². The first-order valence-corrected chi connectivity index (χ1v) is 8.49. The van der Waals surface area contributed by atoms with E-state index in [9.17, 15) is 18.3 Å². The highest BCUT2D eigenvalue weighted by molar-refractivity contribution is 7.90. The molecule has 0 spiro atoms. The fourth-order valence-electron chi connectivity index (χ4n) is 2.32. The van der Waals surface area contributed by atoms with Crippen LogP contribution in [0.3, 0.4) is 0 Å². The maximum Gasteiger partial charge on any atom is 0.339 e. The number of nitrogens with zero attached hydrogens (tertiary/aromatic N) is 2. The third-order valence-electron chi connectivity index (χ3n) is 3.42. The molecular weight excluding hydrogens is 280 g/mol. The molecule has 0 amide bonds. The summed E-state index contributed by atoms with van der Waals surface area (Å²) in [6.45, 7) is 0.227. The summed E-state index contributed by atoms with van der Waals surface area (Å²) in [6, 6.07) is 1.67. The second-order valence-corrected chi connectivity index (χ2v) is 7.44. The van der Waals surface area contributed by atoms with Crippen molar-refractivity contribution in [3.8, 4) is 0 Å². The van der Waals surface area contributed by atoms with E-state index < -0.39 is 15.8 Å². The first kappa shape index (κ1) is 14.8. The number of carboxylic acid groups (broad SMARTS) is 1. The molecule has 0 saturated heterocycles. The van der Waals surface area contributed by atoms with Gasteiger partial charge in [-0.2, -0.15) is 0 Å². The van der Waals surface area contributed by atoms with E-state index in [1.54, 1.807) is 18.0 Å². The highest BCUT2D eigenvalue weighted by Gasteiger charge is 2.22. The van der Waals surface area contributed by atoms with E-state index in [2.05, 4.69) is 4.98 Å². The van der Waals surface area contributed by atoms with Crippen LogP contribution in [0.5, 0.6) is 0 Å². The molecule has 110 valence electrons. The Morgan fingerprint density at radius 1 is 1.45 bits per heavy atom. The van der Waals surface area contributed by atoms with Gasteiger partial charge in [0.05, 0.1) is 5.75 Å². The van der Waals surface area contributed by atoms with Gasteiger partial charge in [-0.15, -0.1) is 0 Å². The number of sulfone groups is 1. The van der Waals surface area contributed by atoms with Gasteiger partial charge >= 0.3 is 5.97 Å². The van der Waals surface area contributed by atoms with Crippen molar-refractivity contribution in [2.24, 2.45) is 0 Å². The Morgan fingerprint density at radius 2 is 2.15 bits per heavy atom. The molecule has 0 atom stereocenters. The molecule has 0 radical (unpaired) electrons. The van der Waals surface area contributed by atoms with Crippen LogP contribution in [0.15, 0.2) is 6.07 Å². The average molecular weight is 298 g/mol. The molecule has 7 heteroatoms. The molecule has 0 saturated carbocycles. The highest BCUT2D eigenvalue weighted by atomic mass is 32.2. The first-order valence-electron chi connectivity index (χ1n) is 6.43. The molecule has 0 fully saturated rings. The number of pyridine rings is 1. The van der Waals surface area contributed by atoms with Crippen molar-refractivity contribution in [2.75, 3.05) is 30.5 Å². The highest BCUT2D eigenvalue weighted by Crippen LogP contribution is 2.27. The zero-order valence-electron chi connectivity index (χ0n) is 11.6. The van der Waals surface area contributed by atoms with Crippen LogP contribution in [0.2, 0.25) is 0 Å². The number of carbonyl (C=O) groups is 1. The maximum absolute atomic E-state index is 11.3. The Morgan fingerprint density at radius 3 is 2.75 bits per heavy atom. The van der Waals surface area contributed by atoms with E-state index in [1.165, 1.54) is 0 Å². The number of rotatable bonds is 5. The second-order valence-electron chi connectivity index (χ2n) is 5.18. The normalized spacial score (nSPS) is 14.1. The molecule has 6 nitrogen and oxygen atoms in total. The summed E-state index contributed by atoms with van der Waals surface area (Å²) in [7, 11) is -1.42. The number of aryl methyl sites for hydroxylation is 2. The number of carboxylic acids is 1. The van der Waals surface area contributed by atoms with E-state index in [0.29, 0.717) is 5.82 Å². The lowest BCUT2D eigenvalue weighted by atomic mass is 10.1. The van der Waals surface area contributed by atoms with Gasteiger partial charge in [0.2, 0.25) is 0 Å². The van der Waals surface area contributed by atoms with Crippen LogP contribution >= 0.6 is 0 Å². The van der Waals surface area contributed by atoms with Crippen LogP contribution in [0, 0.1) is 0 Å². The van der Waals surface area contributed by atoms with Gasteiger partial charge in [0, 0.05) is 25.5 Å². The van der Waals surface area contributed by atoms with Crippen LogP contribution < -0.4 is 4.90 Å². The Labute approximate surface area is 118 Å². The summed E-state index contributed by atoms with van der Waals surface area (Å²) in [4.78, 5) is 17.4. The lowest BCUT2D eigenvalue weighted by molar-refractivity contribution is 0.0697. The SMILES string of the molecule is CN(CCS(C)(=O)=O)c1nc2c(cc1C(=O)O)CCC2. The molecule has 2 rings (SSSR count). The van der Waals surface area contributed by atoms with Crippen molar-refractivity contribution in [1.29, 1.82) is 0 Å². The molecule has 0 aromatic carbocycles. The molecular formula is C13H18N2O4S. The van der Waals surface area contributed by atoms with Crippen molar-refractivity contribution in [3.63, 3.8) is 0 Å². The van der Waals surface area contributed by atoms with Crippen LogP contribution in [-0.4, -0.2) is 50.1 Å². The summed E-state index contributed by atoms with van der Waals surface area (Å²) in [6.07, 6.45) is 3.85. The molecule has 1 aliphatic carbocycles. The fraction of sp³-hybridized carbons (Fsp3) is 0.538. The van der Waals surface area contributed by atoms with Gasteiger partial charge in [-0.05, 0) is 30.9 Å². The summed E-state index contributed by atoms with van der Waals surface area (Å²) >= 11 is 0. The minimum Gasteiger partial charge on any atom is -0.478 e. The molecule has 1 heterocycles. The smallest absolute Gasteiger partial charge is 0.339 e. The predicted molar refractivity (Wildman–Crippen MR) is 76.2 cm³/mol. The van der Waals surface area contributed by atoms with Crippen LogP contribution in [0.1, 0.15) is 28.0 Å². The third-order valence-corrected chi connectivity index (χ3v) is 4.34. The molecule has 1 aromatic heterocycles. The summed E-state index contributed by atoms with van der Waals surface area (Å²) in [5.74, 6) is -0.711. The monoisotopic (exact) mass is 298 g/mol. The zero-order valence-corrected chi connectivity index (χ0v) is 12.4. The van der Waals surface area contributed by atoms with Gasteiger partial charge in [-0.1, -0.05) is 0 Å². The predicted octanol–water partition coefficient (Wildman–Crippen LogP) is 0.749. The van der Waals surface area contributed by atoms with Gasteiger partial charge in [-0.25, -0.2) is 18.2 Å². The summed E-state index contributed by atoms with van der Waals surface area (Å²) in [5.41, 5.74) is 2.06. The number of aromatic nitrogens is 1. The lowest BCUT2D eigenvalue weighted by Crippen LogP contribution is -2.27. The minimum absolute atomic E-state index is 0.0265. The quantitative estimate of drug-likeness (QED) is 0.863. The Hall–Kier alpha value is -1.63. The maximum atomic E-state index is 11.3. The van der Waals surface area contributed by atoms with Crippen LogP contribution in [0.4, 0.5) is 5.82 Å². The molecule has 1 aliphatic rings. The van der Waals surface area contributed by atoms with Gasteiger partial charge in [0.1, 0.15) is 21.2 Å². The van der Waals surface area contributed by atoms with Crippen molar-refractivity contribution >= 4 is 21.6 Å². The third kappa shape index (κ3) is 3.27. The van der Waals surface area contributed by atoms with E-state index in [4.69, 9.17) is 0 Å². The van der Waals surface area contributed by atoms with Crippen LogP contribution in [0.25, 0.3) is 0 Å². The topological polar surface area (TPSA) is 87.6 Å². The zero-order chi connectivity index (χ0) is 14.9. The van der Waals surface area contributed by atoms with Gasteiger partial charge in [0.25, 0.3) is 0 Å². The standard InChI is InChI=1S/C13H18N2O4S/c1-15(6-7-20(2,18)19)12-10(13(16)17)8-9-4-3-5-11(9)14-12/h8H,3-7H2,1-2H3,(H,16,17). The number of anilines is 1. The number of hydrogen-bond acceptors (Lipinski definition) is 5. The van der Waals surface area contributed by atoms with Crippen molar-refractivity contribution in [2.45, 2.75) is 19.3 Å². The molecule has 1 aromatic rings. The van der Waals surface area contributed by atoms with E-state index in [1.807, 2.05) is 0 Å². The Balaban J connectivity index is 2.32. The molecule has 0 bridgehead atoms. The first-order chi connectivity index (χ1) is 9.28. The van der Waals surface area contributed by atoms with Crippen LogP contribution in [-0.2, 0) is 22.7 Å². The van der Waals surface area contributed by atoms with Gasteiger partial charge in [0.15, 0.2) is 0 Å². The average Bonchev–Trinajstić information content (AvgIpc) is 2.80. The number of fused-ring (bicyclic) bond motifs is 1. The minimum atomic E-state index is -3.09. The van der Waals surface area contributed by atoms with E-state index in [-0.39, 0.29) is 17.9 Å². The molecule has 20 heavy (non-hydrogen) atoms. The largest absolute Gasteiger partial charge is 0.478 e. The van der Waals surface area contributed by atoms with Crippen molar-refractivity contribution in [3.05, 3.63) is 22.9 Å². The molecule has 1 N–H and O–H groups in total. The molecule has 0 aliphatic heterocycles. The van der Waals surface area contributed by atoms with Crippen molar-refractivity contribution in [1.82, 2.24) is 4.98 Å². The van der Waals surface area contributed by atoms with E-state index >= 15 is 0 Å². The summed E-state index contributed by atoms with van der Waals surface area (Å²) in [5, 5.41) is 9.29. The summed E-state index contributed by atoms with van der Waals surface area (Å²) < 4.78 is 22.4. The van der Waals surface area contributed by atoms with Crippen molar-refractivity contribution < 1.29 is 18.3 Å². The van der Waals surface area contributed by atoms with Gasteiger partial charge < -0.3 is 10.0 Å². The lowest BCUT2D eigenvalue weighted by Gasteiger charge is -2.20. The number of hydrogen-bond donors (Lipinski definition) is 1.